The fourth-order valence-corrected chi connectivity index (χ4v) is 3.51. The number of hydrogen-bond donors (Lipinski definition) is 1. The third-order valence-corrected chi connectivity index (χ3v) is 5.00. The second kappa shape index (κ2) is 7.33. The van der Waals surface area contributed by atoms with E-state index in [9.17, 15) is 8.42 Å². The molecule has 2 aromatic carbocycles. The number of halogens is 2. The largest absolute Gasteiger partial charge is 0.495 e. The zero-order valence-corrected chi connectivity index (χ0v) is 14.2. The predicted octanol–water partition coefficient (Wildman–Crippen LogP) is 3.52. The highest BCUT2D eigenvalue weighted by Gasteiger charge is 2.19. The van der Waals surface area contributed by atoms with Crippen LogP contribution in [0, 0.1) is 0 Å². The van der Waals surface area contributed by atoms with E-state index >= 15 is 0 Å². The Labute approximate surface area is 140 Å². The van der Waals surface area contributed by atoms with Gasteiger partial charge in [0.1, 0.15) is 10.6 Å². The zero-order chi connectivity index (χ0) is 16.2. The SMILES string of the molecule is COc1ccc(Cl)cc1S(=O)(=O)NCCc1ccc(Cl)cc1. The van der Waals surface area contributed by atoms with Gasteiger partial charge in [-0.05, 0) is 42.3 Å². The van der Waals surface area contributed by atoms with E-state index in [-0.39, 0.29) is 17.2 Å². The van der Waals surface area contributed by atoms with Crippen LogP contribution in [0.25, 0.3) is 0 Å². The second-order valence-corrected chi connectivity index (χ2v) is 7.18. The van der Waals surface area contributed by atoms with Crippen LogP contribution in [-0.4, -0.2) is 22.1 Å². The van der Waals surface area contributed by atoms with Gasteiger partial charge in [0.15, 0.2) is 0 Å². The maximum atomic E-state index is 12.3. The molecule has 2 rings (SSSR count). The molecule has 1 N–H and O–H groups in total. The zero-order valence-electron chi connectivity index (χ0n) is 11.8. The molecule has 0 aromatic heterocycles. The highest BCUT2D eigenvalue weighted by molar-refractivity contribution is 7.89. The lowest BCUT2D eigenvalue weighted by molar-refractivity contribution is 0.402. The Morgan fingerprint density at radius 3 is 2.32 bits per heavy atom. The van der Waals surface area contributed by atoms with Crippen molar-refractivity contribution in [3.8, 4) is 5.75 Å². The second-order valence-electron chi connectivity index (χ2n) is 4.57. The molecule has 118 valence electrons. The first-order valence-electron chi connectivity index (χ1n) is 6.50. The molecule has 0 saturated carbocycles. The fourth-order valence-electron chi connectivity index (χ4n) is 1.92. The Morgan fingerprint density at radius 2 is 1.68 bits per heavy atom. The molecule has 0 unspecified atom stereocenters. The molecule has 0 atom stereocenters. The molecule has 0 aliphatic carbocycles. The molecule has 0 amide bonds. The number of nitrogens with one attached hydrogen (secondary N) is 1. The van der Waals surface area contributed by atoms with Crippen LogP contribution in [0.1, 0.15) is 5.56 Å². The molecule has 22 heavy (non-hydrogen) atoms. The summed E-state index contributed by atoms with van der Waals surface area (Å²) in [5, 5.41) is 0.979. The van der Waals surface area contributed by atoms with E-state index in [1.165, 1.54) is 19.2 Å². The molecule has 0 radical (unpaired) electrons. The Hall–Kier alpha value is -1.27. The molecule has 0 heterocycles. The molecule has 0 aliphatic rings. The minimum Gasteiger partial charge on any atom is -0.495 e. The van der Waals surface area contributed by atoms with Crippen molar-refractivity contribution in [2.75, 3.05) is 13.7 Å². The van der Waals surface area contributed by atoms with Gasteiger partial charge in [0.2, 0.25) is 10.0 Å². The van der Waals surface area contributed by atoms with Gasteiger partial charge >= 0.3 is 0 Å². The maximum Gasteiger partial charge on any atom is 0.244 e. The average Bonchev–Trinajstić information content (AvgIpc) is 2.49. The normalized spacial score (nSPS) is 11.4. The molecule has 4 nitrogen and oxygen atoms in total. The molecule has 0 spiro atoms. The van der Waals surface area contributed by atoms with Crippen LogP contribution in [0.4, 0.5) is 0 Å². The topological polar surface area (TPSA) is 55.4 Å². The van der Waals surface area contributed by atoms with Gasteiger partial charge in [-0.3, -0.25) is 0 Å². The minimum atomic E-state index is -3.69. The maximum absolute atomic E-state index is 12.3. The van der Waals surface area contributed by atoms with Crippen LogP contribution >= 0.6 is 23.2 Å². The first-order chi connectivity index (χ1) is 10.4. The van der Waals surface area contributed by atoms with Crippen LogP contribution in [-0.2, 0) is 16.4 Å². The number of hydrogen-bond acceptors (Lipinski definition) is 3. The summed E-state index contributed by atoms with van der Waals surface area (Å²) in [6.07, 6.45) is 0.555. The van der Waals surface area contributed by atoms with E-state index in [1.807, 2.05) is 12.1 Å². The summed E-state index contributed by atoms with van der Waals surface area (Å²) in [6, 6.07) is 11.7. The van der Waals surface area contributed by atoms with Crippen LogP contribution in [0.2, 0.25) is 10.0 Å². The van der Waals surface area contributed by atoms with E-state index in [0.29, 0.717) is 16.5 Å². The molecule has 0 saturated heterocycles. The van der Waals surface area contributed by atoms with Crippen LogP contribution in [0.3, 0.4) is 0 Å². The Morgan fingerprint density at radius 1 is 1.05 bits per heavy atom. The number of benzene rings is 2. The van der Waals surface area contributed by atoms with E-state index < -0.39 is 10.0 Å². The summed E-state index contributed by atoms with van der Waals surface area (Å²) in [5.74, 6) is 0.253. The standard InChI is InChI=1S/C15H15Cl2NO3S/c1-21-14-7-6-13(17)10-15(14)22(19,20)18-9-8-11-2-4-12(16)5-3-11/h2-7,10,18H,8-9H2,1H3. The molecular weight excluding hydrogens is 345 g/mol. The van der Waals surface area contributed by atoms with E-state index in [2.05, 4.69) is 4.72 Å². The van der Waals surface area contributed by atoms with Crippen molar-refractivity contribution in [1.29, 1.82) is 0 Å². The molecule has 2 aromatic rings. The van der Waals surface area contributed by atoms with Gasteiger partial charge in [-0.2, -0.15) is 0 Å². The molecular formula is C15H15Cl2NO3S. The summed E-state index contributed by atoms with van der Waals surface area (Å²) < 4.78 is 32.3. The van der Waals surface area contributed by atoms with Gasteiger partial charge in [-0.1, -0.05) is 35.3 Å². The van der Waals surface area contributed by atoms with Gasteiger partial charge in [0.25, 0.3) is 0 Å². The van der Waals surface area contributed by atoms with Crippen LogP contribution < -0.4 is 9.46 Å². The average molecular weight is 360 g/mol. The third kappa shape index (κ3) is 4.36. The van der Waals surface area contributed by atoms with Crippen molar-refractivity contribution in [1.82, 2.24) is 4.72 Å². The minimum absolute atomic E-state index is 0.0265. The summed E-state index contributed by atoms with van der Waals surface area (Å²) in [7, 11) is -2.28. The number of rotatable bonds is 6. The lowest BCUT2D eigenvalue weighted by atomic mass is 10.2. The summed E-state index contributed by atoms with van der Waals surface area (Å²) in [4.78, 5) is 0.0265. The van der Waals surface area contributed by atoms with Gasteiger partial charge in [-0.15, -0.1) is 0 Å². The van der Waals surface area contributed by atoms with Crippen LogP contribution in [0.5, 0.6) is 5.75 Å². The quantitative estimate of drug-likeness (QED) is 0.858. The van der Waals surface area contributed by atoms with E-state index in [1.54, 1.807) is 18.2 Å². The van der Waals surface area contributed by atoms with E-state index in [0.717, 1.165) is 5.56 Å². The van der Waals surface area contributed by atoms with Crippen molar-refractivity contribution >= 4 is 33.2 Å². The van der Waals surface area contributed by atoms with Gasteiger partial charge < -0.3 is 4.74 Å². The van der Waals surface area contributed by atoms with Crippen molar-refractivity contribution in [2.45, 2.75) is 11.3 Å². The lowest BCUT2D eigenvalue weighted by Gasteiger charge is -2.11. The first-order valence-corrected chi connectivity index (χ1v) is 8.74. The summed E-state index contributed by atoms with van der Waals surface area (Å²) in [6.45, 7) is 0.264. The Bertz CT molecular complexity index is 746. The number of methoxy groups -OCH3 is 1. The Balaban J connectivity index is 2.08. The first kappa shape index (κ1) is 17.1. The van der Waals surface area contributed by atoms with Crippen molar-refractivity contribution < 1.29 is 13.2 Å². The summed E-state index contributed by atoms with van der Waals surface area (Å²) in [5.41, 5.74) is 0.991. The Kier molecular flexibility index (Phi) is 5.69. The number of ether oxygens (including phenoxy) is 1. The molecule has 0 aliphatic heterocycles. The predicted molar refractivity (Wildman–Crippen MR) is 88.3 cm³/mol. The number of sulfonamides is 1. The van der Waals surface area contributed by atoms with Crippen LogP contribution in [0.15, 0.2) is 47.4 Å². The molecule has 7 heteroatoms. The lowest BCUT2D eigenvalue weighted by Crippen LogP contribution is -2.26. The molecule has 0 fully saturated rings. The van der Waals surface area contributed by atoms with Crippen molar-refractivity contribution in [3.05, 3.63) is 58.1 Å². The highest BCUT2D eigenvalue weighted by Crippen LogP contribution is 2.26. The highest BCUT2D eigenvalue weighted by atomic mass is 35.5. The van der Waals surface area contributed by atoms with Gasteiger partial charge in [-0.25, -0.2) is 13.1 Å². The molecule has 0 bridgehead atoms. The third-order valence-electron chi connectivity index (χ3n) is 3.03. The van der Waals surface area contributed by atoms with Gasteiger partial charge in [0, 0.05) is 16.6 Å². The van der Waals surface area contributed by atoms with E-state index in [4.69, 9.17) is 27.9 Å². The fraction of sp³-hybridized carbons (Fsp3) is 0.200. The monoisotopic (exact) mass is 359 g/mol. The van der Waals surface area contributed by atoms with Gasteiger partial charge in [0.05, 0.1) is 7.11 Å². The smallest absolute Gasteiger partial charge is 0.244 e. The summed E-state index contributed by atoms with van der Waals surface area (Å²) >= 11 is 11.7. The van der Waals surface area contributed by atoms with Crippen molar-refractivity contribution in [3.63, 3.8) is 0 Å². The van der Waals surface area contributed by atoms with Crippen molar-refractivity contribution in [2.24, 2.45) is 0 Å².